The molecule has 1 N–H and O–H groups in total. The van der Waals surface area contributed by atoms with Crippen molar-refractivity contribution in [2.45, 2.75) is 6.18 Å². The molecule has 0 bridgehead atoms. The van der Waals surface area contributed by atoms with Gasteiger partial charge in [0.15, 0.2) is 0 Å². The Labute approximate surface area is 132 Å². The number of rotatable bonds is 1. The van der Waals surface area contributed by atoms with Crippen molar-refractivity contribution in [3.63, 3.8) is 0 Å². The molecule has 0 saturated heterocycles. The molecule has 3 nitrogen and oxygen atoms in total. The summed E-state index contributed by atoms with van der Waals surface area (Å²) in [5.41, 5.74) is -0.347. The maximum atomic E-state index is 13.2. The highest BCUT2D eigenvalue weighted by atomic mass is 35.5. The van der Waals surface area contributed by atoms with E-state index in [4.69, 9.17) is 11.6 Å². The molecule has 114 valence electrons. The average Bonchev–Trinajstić information content (AvgIpc) is 2.71. The molecule has 1 amide bonds. The van der Waals surface area contributed by atoms with Crippen LogP contribution in [0.1, 0.15) is 16.7 Å². The predicted molar refractivity (Wildman–Crippen MR) is 79.9 cm³/mol. The highest BCUT2D eigenvalue weighted by Crippen LogP contribution is 2.38. The van der Waals surface area contributed by atoms with E-state index >= 15 is 0 Å². The molecule has 0 saturated carbocycles. The van der Waals surface area contributed by atoms with E-state index < -0.39 is 11.7 Å². The third-order valence-electron chi connectivity index (χ3n) is 3.08. The van der Waals surface area contributed by atoms with Crippen LogP contribution in [0.3, 0.4) is 0 Å². The second-order valence-corrected chi connectivity index (χ2v) is 6.23. The summed E-state index contributed by atoms with van der Waals surface area (Å²) >= 11 is 7.01. The van der Waals surface area contributed by atoms with Gasteiger partial charge in [-0.2, -0.15) is 13.2 Å². The lowest BCUT2D eigenvalue weighted by Crippen LogP contribution is -2.14. The van der Waals surface area contributed by atoms with E-state index in [2.05, 4.69) is 10.3 Å². The van der Waals surface area contributed by atoms with Crippen LogP contribution in [0.4, 0.5) is 18.2 Å². The topological polar surface area (TPSA) is 41.5 Å². The molecule has 0 atom stereocenters. The van der Waals surface area contributed by atoms with Crippen LogP contribution < -0.4 is 5.32 Å². The second kappa shape index (κ2) is 5.40. The molecule has 0 fully saturated rings. The van der Waals surface area contributed by atoms with Gasteiger partial charge in [0, 0.05) is 11.1 Å². The Hall–Kier alpha value is -1.86. The number of benzene rings is 1. The SMILES string of the molecule is O=C1CN=C(c2ccccc2C(F)(F)F)c2cc(Cl)sc2N1. The van der Waals surface area contributed by atoms with E-state index in [0.29, 0.717) is 14.9 Å². The van der Waals surface area contributed by atoms with Gasteiger partial charge in [0.05, 0.1) is 15.6 Å². The van der Waals surface area contributed by atoms with E-state index in [-0.39, 0.29) is 23.7 Å². The van der Waals surface area contributed by atoms with Crippen LogP contribution in [0.2, 0.25) is 4.34 Å². The fraction of sp³-hybridized carbons (Fsp3) is 0.143. The van der Waals surface area contributed by atoms with Gasteiger partial charge in [0.1, 0.15) is 11.5 Å². The summed E-state index contributed by atoms with van der Waals surface area (Å²) in [6.07, 6.45) is -4.51. The number of halogens is 4. The molecule has 1 aliphatic heterocycles. The molecular formula is C14H8ClF3N2OS. The molecule has 0 unspecified atom stereocenters. The number of carbonyl (C=O) groups is 1. The molecule has 1 aromatic heterocycles. The van der Waals surface area contributed by atoms with Crippen molar-refractivity contribution in [3.05, 3.63) is 51.4 Å². The van der Waals surface area contributed by atoms with E-state index in [0.717, 1.165) is 17.4 Å². The number of anilines is 1. The van der Waals surface area contributed by atoms with Crippen LogP contribution in [0.15, 0.2) is 35.3 Å². The number of fused-ring (bicyclic) bond motifs is 1. The lowest BCUT2D eigenvalue weighted by molar-refractivity contribution is -0.137. The Balaban J connectivity index is 2.22. The second-order valence-electron chi connectivity index (χ2n) is 4.55. The van der Waals surface area contributed by atoms with Crippen LogP contribution in [0.25, 0.3) is 0 Å². The van der Waals surface area contributed by atoms with Gasteiger partial charge in [-0.05, 0) is 12.1 Å². The van der Waals surface area contributed by atoms with Crippen LogP contribution in [0, 0.1) is 0 Å². The molecule has 3 rings (SSSR count). The minimum Gasteiger partial charge on any atom is -0.315 e. The molecule has 0 aliphatic carbocycles. The number of nitrogens with zero attached hydrogens (tertiary/aromatic N) is 1. The quantitative estimate of drug-likeness (QED) is 0.827. The van der Waals surface area contributed by atoms with Crippen molar-refractivity contribution < 1.29 is 18.0 Å². The van der Waals surface area contributed by atoms with Crippen LogP contribution in [0.5, 0.6) is 0 Å². The van der Waals surface area contributed by atoms with E-state index in [9.17, 15) is 18.0 Å². The Morgan fingerprint density at radius 3 is 2.68 bits per heavy atom. The molecule has 1 aliphatic rings. The maximum absolute atomic E-state index is 13.2. The number of hydrogen-bond acceptors (Lipinski definition) is 3. The molecule has 0 radical (unpaired) electrons. The average molecular weight is 345 g/mol. The molecule has 8 heteroatoms. The van der Waals surface area contributed by atoms with Gasteiger partial charge in [0.25, 0.3) is 0 Å². The largest absolute Gasteiger partial charge is 0.417 e. The Morgan fingerprint density at radius 1 is 1.23 bits per heavy atom. The molecule has 0 spiro atoms. The van der Waals surface area contributed by atoms with Crippen molar-refractivity contribution in [2.24, 2.45) is 4.99 Å². The smallest absolute Gasteiger partial charge is 0.315 e. The van der Waals surface area contributed by atoms with Crippen molar-refractivity contribution in [1.82, 2.24) is 0 Å². The summed E-state index contributed by atoms with van der Waals surface area (Å²) in [6.45, 7) is -0.236. The highest BCUT2D eigenvalue weighted by Gasteiger charge is 2.35. The van der Waals surface area contributed by atoms with Gasteiger partial charge in [-0.25, -0.2) is 0 Å². The van der Waals surface area contributed by atoms with Crippen molar-refractivity contribution in [2.75, 3.05) is 11.9 Å². The Bertz CT molecular complexity index is 783. The summed E-state index contributed by atoms with van der Waals surface area (Å²) in [7, 11) is 0. The van der Waals surface area contributed by atoms with Gasteiger partial charge in [-0.3, -0.25) is 9.79 Å². The first-order valence-electron chi connectivity index (χ1n) is 6.17. The standard InChI is InChI=1S/C14H8ClF3N2OS/c15-10-5-8-12(19-6-11(21)20-13(8)22-10)7-3-1-2-4-9(7)14(16,17)18/h1-5H,6H2,(H,20,21). The Kier molecular flexibility index (Phi) is 3.70. The summed E-state index contributed by atoms with van der Waals surface area (Å²) < 4.78 is 40.0. The zero-order valence-corrected chi connectivity index (χ0v) is 12.4. The van der Waals surface area contributed by atoms with Crippen LogP contribution in [-0.2, 0) is 11.0 Å². The minimum atomic E-state index is -4.51. The molecule has 2 aromatic rings. The number of hydrogen-bond donors (Lipinski definition) is 1. The van der Waals surface area contributed by atoms with E-state index in [1.165, 1.54) is 24.3 Å². The van der Waals surface area contributed by atoms with Gasteiger partial charge in [-0.15, -0.1) is 11.3 Å². The summed E-state index contributed by atoms with van der Waals surface area (Å²) in [5, 5.41) is 3.01. The van der Waals surface area contributed by atoms with Crippen molar-refractivity contribution in [3.8, 4) is 0 Å². The molecular weight excluding hydrogens is 337 g/mol. The molecule has 1 aromatic carbocycles. The normalized spacial score (nSPS) is 14.9. The van der Waals surface area contributed by atoms with Crippen molar-refractivity contribution >= 4 is 39.6 Å². The summed E-state index contributed by atoms with van der Waals surface area (Å²) in [6, 6.07) is 6.66. The number of amides is 1. The molecule has 2 heterocycles. The highest BCUT2D eigenvalue weighted by molar-refractivity contribution is 7.20. The number of nitrogens with one attached hydrogen (secondary N) is 1. The van der Waals surface area contributed by atoms with Crippen LogP contribution in [-0.4, -0.2) is 18.2 Å². The number of thiophene rings is 1. The number of carbonyl (C=O) groups excluding carboxylic acids is 1. The van der Waals surface area contributed by atoms with Crippen LogP contribution >= 0.6 is 22.9 Å². The van der Waals surface area contributed by atoms with Gasteiger partial charge < -0.3 is 5.32 Å². The summed E-state index contributed by atoms with van der Waals surface area (Å²) in [4.78, 5) is 15.7. The van der Waals surface area contributed by atoms with Gasteiger partial charge in [-0.1, -0.05) is 29.8 Å². The lowest BCUT2D eigenvalue weighted by atomic mass is 9.98. The first kappa shape index (κ1) is 15.1. The summed E-state index contributed by atoms with van der Waals surface area (Å²) in [5.74, 6) is -0.390. The number of aliphatic imine (C=N–C) groups is 1. The zero-order chi connectivity index (χ0) is 15.9. The fourth-order valence-corrected chi connectivity index (χ4v) is 3.34. The van der Waals surface area contributed by atoms with Crippen molar-refractivity contribution in [1.29, 1.82) is 0 Å². The van der Waals surface area contributed by atoms with E-state index in [1.54, 1.807) is 0 Å². The molecule has 22 heavy (non-hydrogen) atoms. The monoisotopic (exact) mass is 344 g/mol. The van der Waals surface area contributed by atoms with Gasteiger partial charge >= 0.3 is 6.18 Å². The fourth-order valence-electron chi connectivity index (χ4n) is 2.20. The first-order chi connectivity index (χ1) is 10.4. The van der Waals surface area contributed by atoms with E-state index in [1.807, 2.05) is 0 Å². The number of alkyl halides is 3. The lowest BCUT2D eigenvalue weighted by Gasteiger charge is -2.14. The maximum Gasteiger partial charge on any atom is 0.417 e. The first-order valence-corrected chi connectivity index (χ1v) is 7.36. The predicted octanol–water partition coefficient (Wildman–Crippen LogP) is 4.21. The Morgan fingerprint density at radius 2 is 1.95 bits per heavy atom. The van der Waals surface area contributed by atoms with Gasteiger partial charge in [0.2, 0.25) is 5.91 Å². The third-order valence-corrected chi connectivity index (χ3v) is 4.26. The zero-order valence-electron chi connectivity index (χ0n) is 10.9. The minimum absolute atomic E-state index is 0.0674. The third kappa shape index (κ3) is 2.74.